The SMILES string of the molecule is CN[C@H](C)C(=S)OC. The van der Waals surface area contributed by atoms with E-state index in [1.807, 2.05) is 14.0 Å². The van der Waals surface area contributed by atoms with Gasteiger partial charge in [-0.05, 0) is 26.2 Å². The van der Waals surface area contributed by atoms with Crippen LogP contribution in [0.2, 0.25) is 0 Å². The molecule has 3 heteroatoms. The normalized spacial score (nSPS) is 12.9. The van der Waals surface area contributed by atoms with Crippen molar-refractivity contribution in [1.82, 2.24) is 5.32 Å². The highest BCUT2D eigenvalue weighted by Crippen LogP contribution is 1.85. The van der Waals surface area contributed by atoms with Crippen LogP contribution in [0.5, 0.6) is 0 Å². The van der Waals surface area contributed by atoms with E-state index in [1.54, 1.807) is 7.11 Å². The number of hydrogen-bond acceptors (Lipinski definition) is 3. The van der Waals surface area contributed by atoms with E-state index in [0.29, 0.717) is 5.05 Å². The maximum Gasteiger partial charge on any atom is 0.175 e. The molecule has 0 saturated carbocycles. The maximum atomic E-state index is 4.79. The van der Waals surface area contributed by atoms with E-state index in [-0.39, 0.29) is 6.04 Å². The van der Waals surface area contributed by atoms with Gasteiger partial charge in [-0.2, -0.15) is 0 Å². The van der Waals surface area contributed by atoms with Crippen LogP contribution in [0.1, 0.15) is 6.92 Å². The number of hydrogen-bond donors (Lipinski definition) is 1. The lowest BCUT2D eigenvalue weighted by atomic mass is 10.4. The molecule has 0 aromatic carbocycles. The van der Waals surface area contributed by atoms with Crippen LogP contribution in [0.15, 0.2) is 0 Å². The lowest BCUT2D eigenvalue weighted by Crippen LogP contribution is -2.30. The first-order valence-corrected chi connectivity index (χ1v) is 2.88. The minimum Gasteiger partial charge on any atom is -0.489 e. The second-order valence-corrected chi connectivity index (χ2v) is 1.94. The topological polar surface area (TPSA) is 21.3 Å². The van der Waals surface area contributed by atoms with Gasteiger partial charge in [-0.1, -0.05) is 0 Å². The highest BCUT2D eigenvalue weighted by Gasteiger charge is 2.02. The van der Waals surface area contributed by atoms with Crippen LogP contribution in [-0.2, 0) is 4.74 Å². The van der Waals surface area contributed by atoms with E-state index in [2.05, 4.69) is 5.32 Å². The van der Waals surface area contributed by atoms with Crippen molar-refractivity contribution < 1.29 is 4.74 Å². The highest BCUT2D eigenvalue weighted by atomic mass is 32.1. The molecule has 0 aliphatic carbocycles. The molecule has 0 rings (SSSR count). The molecule has 0 radical (unpaired) electrons. The van der Waals surface area contributed by atoms with Gasteiger partial charge in [0, 0.05) is 0 Å². The number of rotatable bonds is 2. The zero-order valence-corrected chi connectivity index (χ0v) is 6.21. The van der Waals surface area contributed by atoms with Crippen molar-refractivity contribution in [3.8, 4) is 0 Å². The second-order valence-electron chi connectivity index (χ2n) is 1.53. The average Bonchev–Trinajstić information content (AvgIpc) is 1.84. The lowest BCUT2D eigenvalue weighted by Gasteiger charge is -2.08. The molecule has 1 atom stereocenters. The van der Waals surface area contributed by atoms with Crippen LogP contribution in [0.3, 0.4) is 0 Å². The van der Waals surface area contributed by atoms with Gasteiger partial charge in [0.25, 0.3) is 0 Å². The Kier molecular flexibility index (Phi) is 3.73. The molecular formula is C5H11NOS. The second kappa shape index (κ2) is 3.80. The Morgan fingerprint density at radius 2 is 2.25 bits per heavy atom. The van der Waals surface area contributed by atoms with Crippen molar-refractivity contribution in [2.45, 2.75) is 13.0 Å². The molecule has 2 nitrogen and oxygen atoms in total. The Labute approximate surface area is 55.2 Å². The van der Waals surface area contributed by atoms with Crippen LogP contribution >= 0.6 is 12.2 Å². The van der Waals surface area contributed by atoms with Gasteiger partial charge in [0.05, 0.1) is 13.2 Å². The number of methoxy groups -OCH3 is 1. The Bertz CT molecular complexity index is 84.5. The van der Waals surface area contributed by atoms with Gasteiger partial charge >= 0.3 is 0 Å². The molecule has 0 spiro atoms. The monoisotopic (exact) mass is 133 g/mol. The fraction of sp³-hybridized carbons (Fsp3) is 0.800. The number of thiocarbonyl (C=S) groups is 1. The maximum absolute atomic E-state index is 4.79. The van der Waals surface area contributed by atoms with Crippen LogP contribution < -0.4 is 5.32 Å². The molecule has 1 N–H and O–H groups in total. The van der Waals surface area contributed by atoms with E-state index in [4.69, 9.17) is 17.0 Å². The summed E-state index contributed by atoms with van der Waals surface area (Å²) in [6, 6.07) is 0.176. The number of likely N-dealkylation sites (N-methyl/N-ethyl adjacent to an activating group) is 1. The quantitative estimate of drug-likeness (QED) is 0.556. The van der Waals surface area contributed by atoms with Crippen molar-refractivity contribution in [3.05, 3.63) is 0 Å². The van der Waals surface area contributed by atoms with Gasteiger partial charge < -0.3 is 10.1 Å². The zero-order valence-electron chi connectivity index (χ0n) is 5.39. The number of nitrogens with one attached hydrogen (secondary N) is 1. The van der Waals surface area contributed by atoms with Crippen LogP contribution in [0.25, 0.3) is 0 Å². The van der Waals surface area contributed by atoms with E-state index < -0.39 is 0 Å². The zero-order chi connectivity index (χ0) is 6.57. The minimum absolute atomic E-state index is 0.176. The molecule has 0 aromatic heterocycles. The molecule has 0 aliphatic rings. The van der Waals surface area contributed by atoms with E-state index in [0.717, 1.165) is 0 Å². The molecule has 0 fully saturated rings. The summed E-state index contributed by atoms with van der Waals surface area (Å²) in [5.41, 5.74) is 0. The molecule has 8 heavy (non-hydrogen) atoms. The first kappa shape index (κ1) is 7.85. The van der Waals surface area contributed by atoms with Gasteiger partial charge in [-0.3, -0.25) is 0 Å². The van der Waals surface area contributed by atoms with E-state index >= 15 is 0 Å². The Hall–Kier alpha value is -0.150. The lowest BCUT2D eigenvalue weighted by molar-refractivity contribution is 0.390. The van der Waals surface area contributed by atoms with E-state index in [9.17, 15) is 0 Å². The summed E-state index contributed by atoms with van der Waals surface area (Å²) in [6.07, 6.45) is 0. The molecule has 0 saturated heterocycles. The van der Waals surface area contributed by atoms with Gasteiger partial charge in [-0.15, -0.1) is 0 Å². The van der Waals surface area contributed by atoms with Gasteiger partial charge in [-0.25, -0.2) is 0 Å². The summed E-state index contributed by atoms with van der Waals surface area (Å²) in [4.78, 5) is 0. The Morgan fingerprint density at radius 1 is 1.75 bits per heavy atom. The summed E-state index contributed by atoms with van der Waals surface area (Å²) < 4.78 is 4.77. The van der Waals surface area contributed by atoms with Crippen molar-refractivity contribution in [2.24, 2.45) is 0 Å². The van der Waals surface area contributed by atoms with Crippen molar-refractivity contribution in [3.63, 3.8) is 0 Å². The van der Waals surface area contributed by atoms with Gasteiger partial charge in [0.15, 0.2) is 5.05 Å². The fourth-order valence-electron chi connectivity index (χ4n) is 0.295. The summed E-state index contributed by atoms with van der Waals surface area (Å²) in [5.74, 6) is 0. The van der Waals surface area contributed by atoms with Gasteiger partial charge in [0.2, 0.25) is 0 Å². The summed E-state index contributed by atoms with van der Waals surface area (Å²) in [7, 11) is 3.42. The minimum atomic E-state index is 0.176. The molecule has 0 aromatic rings. The molecule has 0 bridgehead atoms. The predicted octanol–water partition coefficient (Wildman–Crippen LogP) is 0.568. The Morgan fingerprint density at radius 3 is 2.38 bits per heavy atom. The standard InChI is InChI=1S/C5H11NOS/c1-4(6-2)5(8)7-3/h4,6H,1-3H3/t4-/m1/s1. The summed E-state index contributed by atoms with van der Waals surface area (Å²) in [5, 5.41) is 3.55. The average molecular weight is 133 g/mol. The van der Waals surface area contributed by atoms with Crippen LogP contribution in [-0.4, -0.2) is 25.2 Å². The fourth-order valence-corrected chi connectivity index (χ4v) is 0.412. The predicted molar refractivity (Wildman–Crippen MR) is 38.1 cm³/mol. The third-order valence-electron chi connectivity index (χ3n) is 0.988. The van der Waals surface area contributed by atoms with Crippen molar-refractivity contribution >= 4 is 17.3 Å². The molecular weight excluding hydrogens is 122 g/mol. The first-order valence-electron chi connectivity index (χ1n) is 2.47. The molecule has 0 aliphatic heterocycles. The van der Waals surface area contributed by atoms with Crippen LogP contribution in [0, 0.1) is 0 Å². The van der Waals surface area contributed by atoms with Crippen molar-refractivity contribution in [1.29, 1.82) is 0 Å². The molecule has 48 valence electrons. The molecule has 0 unspecified atom stereocenters. The Balaban J connectivity index is 3.46. The number of ether oxygens (including phenoxy) is 1. The third-order valence-corrected chi connectivity index (χ3v) is 1.51. The van der Waals surface area contributed by atoms with Gasteiger partial charge in [0.1, 0.15) is 0 Å². The summed E-state index contributed by atoms with van der Waals surface area (Å²) in [6.45, 7) is 1.95. The van der Waals surface area contributed by atoms with Crippen molar-refractivity contribution in [2.75, 3.05) is 14.2 Å². The first-order chi connectivity index (χ1) is 3.72. The highest BCUT2D eigenvalue weighted by molar-refractivity contribution is 7.80. The molecule has 0 heterocycles. The smallest absolute Gasteiger partial charge is 0.175 e. The third kappa shape index (κ3) is 2.23. The summed E-state index contributed by atoms with van der Waals surface area (Å²) >= 11 is 4.79. The largest absolute Gasteiger partial charge is 0.489 e. The van der Waals surface area contributed by atoms with E-state index in [1.165, 1.54) is 0 Å². The molecule has 0 amide bonds. The van der Waals surface area contributed by atoms with Crippen LogP contribution in [0.4, 0.5) is 0 Å².